The van der Waals surface area contributed by atoms with Crippen LogP contribution in [-0.4, -0.2) is 41.7 Å². The van der Waals surface area contributed by atoms with E-state index in [0.717, 1.165) is 6.42 Å². The van der Waals surface area contributed by atoms with Gasteiger partial charge in [-0.05, 0) is 25.0 Å². The molecule has 2 N–H and O–H groups in total. The van der Waals surface area contributed by atoms with Gasteiger partial charge in [-0.15, -0.1) is 0 Å². The Morgan fingerprint density at radius 3 is 2.57 bits per heavy atom. The summed E-state index contributed by atoms with van der Waals surface area (Å²) in [7, 11) is 1.25. The molecule has 2 aliphatic heterocycles. The van der Waals surface area contributed by atoms with Crippen molar-refractivity contribution in [3.63, 3.8) is 0 Å². The molecule has 2 heterocycles. The van der Waals surface area contributed by atoms with Crippen molar-refractivity contribution in [2.75, 3.05) is 13.7 Å². The van der Waals surface area contributed by atoms with Crippen LogP contribution in [0, 0.1) is 0 Å². The first kappa shape index (κ1) is 22.2. The van der Waals surface area contributed by atoms with Crippen molar-refractivity contribution in [3.05, 3.63) is 56.8 Å². The molecule has 1 amide bonds. The maximum atomic E-state index is 13.1. The first-order valence-electron chi connectivity index (χ1n) is 9.57. The zero-order valence-corrected chi connectivity index (χ0v) is 18.5. The quantitative estimate of drug-likeness (QED) is 0.524. The number of benzene rings is 1. The molecule has 3 rings (SSSR count). The smallest absolute Gasteiger partial charge is 0.338 e. The third-order valence-corrected chi connectivity index (χ3v) is 6.48. The number of hydrogen-bond acceptors (Lipinski definition) is 7. The SMILES string of the molecule is CCCCOC(=O)C1=C(N)N2C(=O)C(C)SC2=C(C(=O)OC)C1c1ccccc1Cl. The monoisotopic (exact) mass is 450 g/mol. The number of nitrogens with two attached hydrogens (primary N) is 1. The number of amides is 1. The summed E-state index contributed by atoms with van der Waals surface area (Å²) in [5.41, 5.74) is 7.00. The molecule has 1 aromatic rings. The number of ether oxygens (including phenoxy) is 2. The largest absolute Gasteiger partial charge is 0.466 e. The Hall–Kier alpha value is -2.45. The van der Waals surface area contributed by atoms with Crippen molar-refractivity contribution in [1.29, 1.82) is 0 Å². The van der Waals surface area contributed by atoms with Gasteiger partial charge in [0.25, 0.3) is 0 Å². The number of esters is 2. The van der Waals surface area contributed by atoms with Gasteiger partial charge in [0.2, 0.25) is 5.91 Å². The molecule has 0 saturated carbocycles. The van der Waals surface area contributed by atoms with Crippen molar-refractivity contribution >= 4 is 41.2 Å². The zero-order valence-electron chi connectivity index (χ0n) is 16.9. The summed E-state index contributed by atoms with van der Waals surface area (Å²) in [6.07, 6.45) is 1.52. The lowest BCUT2D eigenvalue weighted by Crippen LogP contribution is -2.40. The van der Waals surface area contributed by atoms with E-state index in [1.807, 2.05) is 6.92 Å². The molecule has 0 bridgehead atoms. The predicted molar refractivity (Wildman–Crippen MR) is 114 cm³/mol. The molecule has 2 aliphatic rings. The third-order valence-electron chi connectivity index (χ3n) is 4.96. The third kappa shape index (κ3) is 3.81. The lowest BCUT2D eigenvalue weighted by Gasteiger charge is -2.33. The zero-order chi connectivity index (χ0) is 22.0. The highest BCUT2D eigenvalue weighted by Crippen LogP contribution is 2.50. The van der Waals surface area contributed by atoms with Crippen LogP contribution in [0.25, 0.3) is 0 Å². The topological polar surface area (TPSA) is 98.9 Å². The van der Waals surface area contributed by atoms with Crippen molar-refractivity contribution in [2.45, 2.75) is 37.9 Å². The maximum absolute atomic E-state index is 13.1. The summed E-state index contributed by atoms with van der Waals surface area (Å²) in [6, 6.07) is 6.87. The number of carbonyl (C=O) groups excluding carboxylic acids is 3. The summed E-state index contributed by atoms with van der Waals surface area (Å²) >= 11 is 7.64. The van der Waals surface area contributed by atoms with Gasteiger partial charge < -0.3 is 15.2 Å². The fourth-order valence-corrected chi connectivity index (χ4v) is 4.85. The van der Waals surface area contributed by atoms with Crippen molar-refractivity contribution in [1.82, 2.24) is 4.90 Å². The highest BCUT2D eigenvalue weighted by Gasteiger charge is 2.49. The molecule has 7 nitrogen and oxygen atoms in total. The number of thioether (sulfide) groups is 1. The standard InChI is InChI=1S/C21H23ClN2O5S/c1-4-5-10-29-21(27)15-14(12-8-6-7-9-13(12)22)16(20(26)28-3)19-24(17(15)23)18(25)11(2)30-19/h6-9,11,14H,4-5,10,23H2,1-3H3. The number of nitrogens with zero attached hydrogens (tertiary/aromatic N) is 1. The molecule has 0 radical (unpaired) electrons. The van der Waals surface area contributed by atoms with E-state index in [9.17, 15) is 14.4 Å². The first-order chi connectivity index (χ1) is 14.3. The van der Waals surface area contributed by atoms with E-state index in [1.54, 1.807) is 31.2 Å². The number of hydrogen-bond donors (Lipinski definition) is 1. The second-order valence-electron chi connectivity index (χ2n) is 6.89. The molecule has 0 aromatic heterocycles. The molecule has 1 aromatic carbocycles. The van der Waals surface area contributed by atoms with E-state index in [4.69, 9.17) is 26.8 Å². The number of unbranched alkanes of at least 4 members (excludes halogenated alkanes) is 1. The Bertz CT molecular complexity index is 958. The summed E-state index contributed by atoms with van der Waals surface area (Å²) in [6.45, 7) is 3.88. The van der Waals surface area contributed by atoms with Gasteiger partial charge >= 0.3 is 11.9 Å². The minimum absolute atomic E-state index is 0.00593. The van der Waals surface area contributed by atoms with Gasteiger partial charge in [-0.1, -0.05) is 54.9 Å². The Morgan fingerprint density at radius 1 is 1.23 bits per heavy atom. The van der Waals surface area contributed by atoms with Crippen molar-refractivity contribution in [3.8, 4) is 0 Å². The second kappa shape index (κ2) is 9.14. The van der Waals surface area contributed by atoms with Crippen LogP contribution in [0.2, 0.25) is 5.02 Å². The fraction of sp³-hybridized carbons (Fsp3) is 0.381. The lowest BCUT2D eigenvalue weighted by molar-refractivity contribution is -0.139. The Labute approximate surface area is 184 Å². The van der Waals surface area contributed by atoms with Crippen molar-refractivity contribution in [2.24, 2.45) is 5.73 Å². The van der Waals surface area contributed by atoms with Crippen LogP contribution < -0.4 is 5.73 Å². The number of rotatable bonds is 6. The van der Waals surface area contributed by atoms with Gasteiger partial charge in [-0.2, -0.15) is 0 Å². The second-order valence-corrected chi connectivity index (χ2v) is 8.62. The Morgan fingerprint density at radius 2 is 1.93 bits per heavy atom. The molecule has 0 spiro atoms. The van der Waals surface area contributed by atoms with Crippen LogP contribution >= 0.6 is 23.4 Å². The van der Waals surface area contributed by atoms with Gasteiger partial charge in [-0.25, -0.2) is 9.59 Å². The molecule has 9 heteroatoms. The van der Waals surface area contributed by atoms with Crippen LogP contribution in [0.5, 0.6) is 0 Å². The van der Waals surface area contributed by atoms with Crippen LogP contribution in [-0.2, 0) is 23.9 Å². The average molecular weight is 451 g/mol. The minimum Gasteiger partial charge on any atom is -0.466 e. The lowest BCUT2D eigenvalue weighted by atomic mass is 9.82. The van der Waals surface area contributed by atoms with E-state index >= 15 is 0 Å². The normalized spacial score (nSPS) is 21.1. The van der Waals surface area contributed by atoms with E-state index in [0.29, 0.717) is 22.0 Å². The van der Waals surface area contributed by atoms with Crippen LogP contribution in [0.4, 0.5) is 0 Å². The summed E-state index contributed by atoms with van der Waals surface area (Å²) in [5.74, 6) is -2.64. The van der Waals surface area contributed by atoms with Crippen LogP contribution in [0.3, 0.4) is 0 Å². The molecular weight excluding hydrogens is 428 g/mol. The van der Waals surface area contributed by atoms with E-state index in [-0.39, 0.29) is 29.5 Å². The number of halogens is 1. The van der Waals surface area contributed by atoms with E-state index < -0.39 is 23.1 Å². The number of methoxy groups -OCH3 is 1. The number of fused-ring (bicyclic) bond motifs is 1. The highest BCUT2D eigenvalue weighted by molar-refractivity contribution is 8.04. The average Bonchev–Trinajstić information content (AvgIpc) is 3.02. The molecule has 1 saturated heterocycles. The molecular formula is C21H23ClN2O5S. The predicted octanol–water partition coefficient (Wildman–Crippen LogP) is 3.30. The molecule has 160 valence electrons. The first-order valence-corrected chi connectivity index (χ1v) is 10.8. The van der Waals surface area contributed by atoms with E-state index in [2.05, 4.69) is 0 Å². The summed E-state index contributed by atoms with van der Waals surface area (Å²) < 4.78 is 10.4. The van der Waals surface area contributed by atoms with E-state index in [1.165, 1.54) is 23.8 Å². The molecule has 30 heavy (non-hydrogen) atoms. The highest BCUT2D eigenvalue weighted by atomic mass is 35.5. The summed E-state index contributed by atoms with van der Waals surface area (Å²) in [5, 5.41) is 0.236. The van der Waals surface area contributed by atoms with Gasteiger partial charge in [0.15, 0.2) is 0 Å². The van der Waals surface area contributed by atoms with Gasteiger partial charge in [0.1, 0.15) is 5.82 Å². The van der Waals surface area contributed by atoms with Gasteiger partial charge in [-0.3, -0.25) is 9.69 Å². The maximum Gasteiger partial charge on any atom is 0.338 e. The molecule has 2 unspecified atom stereocenters. The Kier molecular flexibility index (Phi) is 6.77. The van der Waals surface area contributed by atoms with Crippen LogP contribution in [0.15, 0.2) is 46.3 Å². The minimum atomic E-state index is -0.919. The molecule has 1 fully saturated rings. The Balaban J connectivity index is 2.24. The van der Waals surface area contributed by atoms with Gasteiger partial charge in [0.05, 0.1) is 41.1 Å². The fourth-order valence-electron chi connectivity index (χ4n) is 3.45. The van der Waals surface area contributed by atoms with Crippen LogP contribution in [0.1, 0.15) is 38.2 Å². The molecule has 2 atom stereocenters. The van der Waals surface area contributed by atoms with Gasteiger partial charge in [0, 0.05) is 5.02 Å². The van der Waals surface area contributed by atoms with Crippen molar-refractivity contribution < 1.29 is 23.9 Å². The number of carbonyl (C=O) groups is 3. The molecule has 0 aliphatic carbocycles. The summed E-state index contributed by atoms with van der Waals surface area (Å²) in [4.78, 5) is 39.9.